The third-order valence-electron chi connectivity index (χ3n) is 4.45. The number of nitrogens with one attached hydrogen (secondary N) is 1. The van der Waals surface area contributed by atoms with Crippen molar-refractivity contribution in [3.8, 4) is 0 Å². The number of cyclic esters (lactones) is 1. The van der Waals surface area contributed by atoms with Gasteiger partial charge >= 0.3 is 5.97 Å². The number of carbonyl (C=O) groups excluding carboxylic acids is 1. The average Bonchev–Trinajstić information content (AvgIpc) is 3.15. The van der Waals surface area contributed by atoms with Crippen LogP contribution in [0.5, 0.6) is 0 Å². The highest BCUT2D eigenvalue weighted by Gasteiger charge is 2.50. The van der Waals surface area contributed by atoms with Gasteiger partial charge in [-0.2, -0.15) is 5.10 Å². The number of aromatic nitrogens is 3. The van der Waals surface area contributed by atoms with Crippen LogP contribution in [0.4, 0.5) is 0 Å². The van der Waals surface area contributed by atoms with Gasteiger partial charge in [0.1, 0.15) is 23.7 Å². The molecule has 1 aromatic heterocycles. The molecule has 1 fully saturated rings. The average molecular weight is 334 g/mol. The molecule has 1 saturated heterocycles. The summed E-state index contributed by atoms with van der Waals surface area (Å²) in [7, 11) is 0. The van der Waals surface area contributed by atoms with Crippen LogP contribution in [0.3, 0.4) is 0 Å². The van der Waals surface area contributed by atoms with Gasteiger partial charge in [0.05, 0.1) is 0 Å². The zero-order valence-corrected chi connectivity index (χ0v) is 13.8. The van der Waals surface area contributed by atoms with Crippen molar-refractivity contribution in [2.24, 2.45) is 0 Å². The number of rotatable bonds is 6. The molecule has 3 rings (SSSR count). The molecule has 1 aliphatic rings. The Labute approximate surface area is 140 Å². The van der Waals surface area contributed by atoms with Gasteiger partial charge in [0.2, 0.25) is 0 Å². The maximum Gasteiger partial charge on any atom is 0.317 e. The third kappa shape index (κ3) is 3.24. The van der Waals surface area contributed by atoms with Crippen molar-refractivity contribution in [1.82, 2.24) is 15.2 Å². The van der Waals surface area contributed by atoms with Gasteiger partial charge in [0, 0.05) is 17.9 Å². The molecule has 0 bridgehead atoms. The van der Waals surface area contributed by atoms with Gasteiger partial charge in [-0.3, -0.25) is 9.89 Å². The molecular weight excluding hydrogens is 314 g/mol. The maximum atomic E-state index is 12.8. The summed E-state index contributed by atoms with van der Waals surface area (Å²) in [4.78, 5) is 17.0. The van der Waals surface area contributed by atoms with Crippen LogP contribution in [-0.4, -0.2) is 27.3 Å². The van der Waals surface area contributed by atoms with E-state index in [-0.39, 0.29) is 12.1 Å². The Morgan fingerprint density at radius 1 is 1.39 bits per heavy atom. The Morgan fingerprint density at radius 2 is 2.17 bits per heavy atom. The number of esters is 1. The maximum absolute atomic E-state index is 12.8. The minimum Gasteiger partial charge on any atom is -0.462 e. The van der Waals surface area contributed by atoms with Crippen molar-refractivity contribution in [1.29, 1.82) is 0 Å². The first kappa shape index (κ1) is 16.0. The van der Waals surface area contributed by atoms with E-state index in [1.54, 1.807) is 0 Å². The van der Waals surface area contributed by atoms with Gasteiger partial charge in [0.15, 0.2) is 0 Å². The lowest BCUT2D eigenvalue weighted by Gasteiger charge is -2.24. The van der Waals surface area contributed by atoms with Gasteiger partial charge in [-0.15, -0.1) is 0 Å². The monoisotopic (exact) mass is 333 g/mol. The lowest BCUT2D eigenvalue weighted by molar-refractivity contribution is -0.145. The Bertz CT molecular complexity index is 657. The molecule has 1 aromatic carbocycles. The van der Waals surface area contributed by atoms with E-state index in [1.807, 2.05) is 24.3 Å². The summed E-state index contributed by atoms with van der Waals surface area (Å²) in [6.45, 7) is 2.14. The molecule has 0 amide bonds. The van der Waals surface area contributed by atoms with Gasteiger partial charge in [-0.1, -0.05) is 43.5 Å². The van der Waals surface area contributed by atoms with Crippen LogP contribution in [0.25, 0.3) is 0 Å². The number of ether oxygens (including phenoxy) is 1. The number of unbranched alkanes of at least 4 members (excludes halogenated alkanes) is 1. The standard InChI is InChI=1S/C17H20ClN3O2/c1-2-3-4-14-9-17(16(22)23-14,10-15-19-11-20-21-15)12-5-7-13(18)8-6-12/h5-8,11,14H,2-4,9-10H2,1H3,(H,19,20,21). The predicted octanol–water partition coefficient (Wildman–Crippen LogP) is 3.44. The van der Waals surface area contributed by atoms with E-state index < -0.39 is 5.41 Å². The number of hydrogen-bond acceptors (Lipinski definition) is 4. The summed E-state index contributed by atoms with van der Waals surface area (Å²) >= 11 is 6.00. The Balaban J connectivity index is 1.93. The molecule has 0 radical (unpaired) electrons. The fourth-order valence-corrected chi connectivity index (χ4v) is 3.35. The summed E-state index contributed by atoms with van der Waals surface area (Å²) in [6.07, 6.45) is 5.57. The van der Waals surface area contributed by atoms with Gasteiger partial charge in [0.25, 0.3) is 0 Å². The molecule has 6 heteroatoms. The zero-order chi connectivity index (χ0) is 16.3. The van der Waals surface area contributed by atoms with E-state index in [0.29, 0.717) is 23.7 Å². The van der Waals surface area contributed by atoms with Gasteiger partial charge in [-0.25, -0.2) is 4.98 Å². The number of H-pyrrole nitrogens is 1. The fourth-order valence-electron chi connectivity index (χ4n) is 3.22. The first-order valence-corrected chi connectivity index (χ1v) is 8.33. The second kappa shape index (κ2) is 6.71. The zero-order valence-electron chi connectivity index (χ0n) is 13.1. The summed E-state index contributed by atoms with van der Waals surface area (Å²) in [6, 6.07) is 7.43. The van der Waals surface area contributed by atoms with Crippen molar-refractivity contribution in [3.05, 3.63) is 47.0 Å². The Kier molecular flexibility index (Phi) is 4.66. The van der Waals surface area contributed by atoms with E-state index in [0.717, 1.165) is 24.8 Å². The summed E-state index contributed by atoms with van der Waals surface area (Å²) in [5.74, 6) is 0.505. The molecule has 1 aliphatic heterocycles. The van der Waals surface area contributed by atoms with Crippen LogP contribution in [0, 0.1) is 0 Å². The molecule has 122 valence electrons. The predicted molar refractivity (Wildman–Crippen MR) is 87.2 cm³/mol. The lowest BCUT2D eigenvalue weighted by Crippen LogP contribution is -2.34. The highest BCUT2D eigenvalue weighted by Crippen LogP contribution is 2.41. The molecule has 0 aliphatic carbocycles. The minimum atomic E-state index is -0.720. The number of hydrogen-bond donors (Lipinski definition) is 1. The van der Waals surface area contributed by atoms with E-state index in [9.17, 15) is 4.79 Å². The molecule has 23 heavy (non-hydrogen) atoms. The van der Waals surface area contributed by atoms with Crippen LogP contribution in [0.15, 0.2) is 30.6 Å². The largest absolute Gasteiger partial charge is 0.462 e. The first-order valence-electron chi connectivity index (χ1n) is 7.95. The smallest absolute Gasteiger partial charge is 0.317 e. The van der Waals surface area contributed by atoms with Crippen LogP contribution >= 0.6 is 11.6 Å². The summed E-state index contributed by atoms with van der Waals surface area (Å²) in [5, 5.41) is 7.39. The van der Waals surface area contributed by atoms with Crippen molar-refractivity contribution >= 4 is 17.6 Å². The van der Waals surface area contributed by atoms with Gasteiger partial charge < -0.3 is 4.74 Å². The molecule has 2 aromatic rings. The highest BCUT2D eigenvalue weighted by atomic mass is 35.5. The van der Waals surface area contributed by atoms with Crippen LogP contribution < -0.4 is 0 Å². The second-order valence-electron chi connectivity index (χ2n) is 6.07. The number of carbonyl (C=O) groups is 1. The normalized spacial score (nSPS) is 23.9. The molecule has 0 spiro atoms. The SMILES string of the molecule is CCCCC1CC(Cc2ncn[nH]2)(c2ccc(Cl)cc2)C(=O)O1. The highest BCUT2D eigenvalue weighted by molar-refractivity contribution is 6.30. The minimum absolute atomic E-state index is 0.0407. The summed E-state index contributed by atoms with van der Waals surface area (Å²) < 4.78 is 5.68. The molecule has 5 nitrogen and oxygen atoms in total. The van der Waals surface area contributed by atoms with E-state index in [4.69, 9.17) is 16.3 Å². The van der Waals surface area contributed by atoms with Crippen LogP contribution in [-0.2, 0) is 21.4 Å². The van der Waals surface area contributed by atoms with Crippen LogP contribution in [0.2, 0.25) is 5.02 Å². The van der Waals surface area contributed by atoms with Crippen molar-refractivity contribution in [2.75, 3.05) is 0 Å². The van der Waals surface area contributed by atoms with E-state index >= 15 is 0 Å². The molecule has 2 unspecified atom stereocenters. The number of aromatic amines is 1. The fraction of sp³-hybridized carbons (Fsp3) is 0.471. The van der Waals surface area contributed by atoms with Crippen LogP contribution in [0.1, 0.15) is 44.0 Å². The Hall–Kier alpha value is -1.88. The number of benzene rings is 1. The van der Waals surface area contributed by atoms with Crippen molar-refractivity contribution < 1.29 is 9.53 Å². The second-order valence-corrected chi connectivity index (χ2v) is 6.51. The molecule has 1 N–H and O–H groups in total. The van der Waals surface area contributed by atoms with Crippen molar-refractivity contribution in [2.45, 2.75) is 50.5 Å². The van der Waals surface area contributed by atoms with E-state index in [2.05, 4.69) is 22.1 Å². The third-order valence-corrected chi connectivity index (χ3v) is 4.70. The first-order chi connectivity index (χ1) is 11.1. The Morgan fingerprint density at radius 3 is 2.83 bits per heavy atom. The number of nitrogens with zero attached hydrogens (tertiary/aromatic N) is 2. The topological polar surface area (TPSA) is 67.9 Å². The molecular formula is C17H20ClN3O2. The number of halogens is 1. The molecule has 0 saturated carbocycles. The quantitative estimate of drug-likeness (QED) is 0.822. The van der Waals surface area contributed by atoms with E-state index in [1.165, 1.54) is 6.33 Å². The molecule has 2 atom stereocenters. The summed E-state index contributed by atoms with van der Waals surface area (Å²) in [5.41, 5.74) is 0.199. The van der Waals surface area contributed by atoms with Crippen molar-refractivity contribution in [3.63, 3.8) is 0 Å². The molecule has 2 heterocycles. The van der Waals surface area contributed by atoms with Gasteiger partial charge in [-0.05, 0) is 24.1 Å². The lowest BCUT2D eigenvalue weighted by atomic mass is 9.74.